The summed E-state index contributed by atoms with van der Waals surface area (Å²) in [5.74, 6) is 0.245. The third kappa shape index (κ3) is 5.26. The Labute approximate surface area is 175 Å². The molecule has 2 aliphatic rings. The van der Waals surface area contributed by atoms with Gasteiger partial charge < -0.3 is 9.16 Å². The van der Waals surface area contributed by atoms with Gasteiger partial charge in [-0.15, -0.1) is 0 Å². The fourth-order valence-corrected chi connectivity index (χ4v) is 7.72. The smallest absolute Gasteiger partial charge is 0.306 e. The molecule has 0 spiro atoms. The van der Waals surface area contributed by atoms with Crippen molar-refractivity contribution in [1.82, 2.24) is 0 Å². The molecule has 1 aliphatic heterocycles. The molecule has 0 N–H and O–H groups in total. The van der Waals surface area contributed by atoms with E-state index in [-0.39, 0.29) is 35.8 Å². The Morgan fingerprint density at radius 2 is 1.86 bits per heavy atom. The molecule has 0 amide bonds. The fourth-order valence-electron chi connectivity index (χ4n) is 4.83. The van der Waals surface area contributed by atoms with Gasteiger partial charge in [0.1, 0.15) is 6.10 Å². The molecule has 1 saturated carbocycles. The predicted octanol–water partition coefficient (Wildman–Crippen LogP) is 5.09. The molecule has 2 fully saturated rings. The van der Waals surface area contributed by atoms with Crippen molar-refractivity contribution in [1.29, 1.82) is 0 Å². The second kappa shape index (κ2) is 9.85. The van der Waals surface area contributed by atoms with Crippen LogP contribution in [0.3, 0.4) is 0 Å². The molecule has 0 radical (unpaired) electrons. The van der Waals surface area contributed by atoms with Crippen LogP contribution in [0.15, 0.2) is 42.5 Å². The topological polar surface area (TPSA) is 52.6 Å². The number of esters is 1. The van der Waals surface area contributed by atoms with Crippen LogP contribution in [-0.4, -0.2) is 32.3 Å². The summed E-state index contributed by atoms with van der Waals surface area (Å²) in [6, 6.07) is 13.4. The molecule has 0 aromatic heterocycles. The predicted molar refractivity (Wildman–Crippen MR) is 117 cm³/mol. The van der Waals surface area contributed by atoms with Crippen molar-refractivity contribution in [2.24, 2.45) is 11.8 Å². The zero-order chi connectivity index (χ0) is 20.9. The second-order valence-electron chi connectivity index (χ2n) is 8.42. The minimum absolute atomic E-state index is 0.0566. The molecule has 1 aromatic carbocycles. The lowest BCUT2D eigenvalue weighted by Crippen LogP contribution is -2.41. The molecular weight excluding hydrogens is 380 g/mol. The SMILES string of the molecule is CC[Si](CC)(CC)O[C@@H]1C[C@@H]2OC(=O)C[C@@H]2[C@H]1/C=C/C(=O)CCc1ccccc1. The van der Waals surface area contributed by atoms with E-state index in [2.05, 4.69) is 20.8 Å². The van der Waals surface area contributed by atoms with Crippen LogP contribution in [0.5, 0.6) is 0 Å². The minimum Gasteiger partial charge on any atom is -0.462 e. The van der Waals surface area contributed by atoms with Crippen molar-refractivity contribution < 1.29 is 18.8 Å². The van der Waals surface area contributed by atoms with E-state index in [4.69, 9.17) is 9.16 Å². The molecule has 1 aliphatic carbocycles. The van der Waals surface area contributed by atoms with Gasteiger partial charge in [-0.1, -0.05) is 57.2 Å². The third-order valence-electron chi connectivity index (χ3n) is 6.89. The first-order chi connectivity index (χ1) is 14.0. The Morgan fingerprint density at radius 1 is 1.17 bits per heavy atom. The van der Waals surface area contributed by atoms with Crippen molar-refractivity contribution in [3.05, 3.63) is 48.0 Å². The summed E-state index contributed by atoms with van der Waals surface area (Å²) in [7, 11) is -1.76. The summed E-state index contributed by atoms with van der Waals surface area (Å²) in [5.41, 5.74) is 1.18. The lowest BCUT2D eigenvalue weighted by atomic mass is 9.91. The van der Waals surface area contributed by atoms with E-state index in [9.17, 15) is 9.59 Å². The van der Waals surface area contributed by atoms with E-state index in [1.165, 1.54) is 5.56 Å². The van der Waals surface area contributed by atoms with E-state index in [1.54, 1.807) is 6.08 Å². The molecule has 4 nitrogen and oxygen atoms in total. The number of allylic oxidation sites excluding steroid dienone is 1. The van der Waals surface area contributed by atoms with E-state index in [0.29, 0.717) is 12.8 Å². The van der Waals surface area contributed by atoms with Crippen LogP contribution in [-0.2, 0) is 25.2 Å². The lowest BCUT2D eigenvalue weighted by Gasteiger charge is -2.34. The van der Waals surface area contributed by atoms with Gasteiger partial charge in [-0.25, -0.2) is 0 Å². The van der Waals surface area contributed by atoms with Crippen molar-refractivity contribution in [3.63, 3.8) is 0 Å². The summed E-state index contributed by atoms with van der Waals surface area (Å²) in [6.45, 7) is 6.69. The lowest BCUT2D eigenvalue weighted by molar-refractivity contribution is -0.141. The number of carbonyl (C=O) groups excluding carboxylic acids is 2. The number of aryl methyl sites for hydroxylation is 1. The highest BCUT2D eigenvalue weighted by Crippen LogP contribution is 2.45. The van der Waals surface area contributed by atoms with Gasteiger partial charge in [0.2, 0.25) is 0 Å². The highest BCUT2D eigenvalue weighted by Gasteiger charge is 2.51. The zero-order valence-corrected chi connectivity index (χ0v) is 18.9. The molecule has 4 atom stereocenters. The first-order valence-corrected chi connectivity index (χ1v) is 13.7. The quantitative estimate of drug-likeness (QED) is 0.304. The van der Waals surface area contributed by atoms with Gasteiger partial charge in [0.15, 0.2) is 14.1 Å². The molecule has 3 rings (SSSR count). The Balaban J connectivity index is 1.67. The van der Waals surface area contributed by atoms with Crippen LogP contribution in [0.25, 0.3) is 0 Å². The van der Waals surface area contributed by atoms with Crippen LogP contribution in [0.4, 0.5) is 0 Å². The Kier molecular flexibility index (Phi) is 7.47. The molecule has 0 bridgehead atoms. The molecular formula is C24H34O4Si. The standard InChI is InChI=1S/C24H34O4Si/c1-4-29(5-2,6-3)28-23-17-22-21(16-24(26)27-22)20(23)15-14-19(25)13-12-18-10-8-7-9-11-18/h7-11,14-15,20-23H,4-6,12-13,16-17H2,1-3H3/b15-14+/t20-,21-,22+,23-/m1/s1. The fraction of sp³-hybridized carbons (Fsp3) is 0.583. The number of benzene rings is 1. The van der Waals surface area contributed by atoms with Crippen molar-refractivity contribution in [2.75, 3.05) is 0 Å². The second-order valence-corrected chi connectivity index (χ2v) is 13.1. The minimum atomic E-state index is -1.76. The van der Waals surface area contributed by atoms with Gasteiger partial charge in [-0.3, -0.25) is 9.59 Å². The Hall–Kier alpha value is -1.72. The van der Waals surface area contributed by atoms with Gasteiger partial charge in [0.05, 0.1) is 12.5 Å². The van der Waals surface area contributed by atoms with Crippen molar-refractivity contribution in [2.45, 2.75) is 76.8 Å². The Morgan fingerprint density at radius 3 is 2.52 bits per heavy atom. The molecule has 158 valence electrons. The van der Waals surface area contributed by atoms with E-state index < -0.39 is 8.32 Å². The van der Waals surface area contributed by atoms with E-state index in [0.717, 1.165) is 31.0 Å². The summed E-state index contributed by atoms with van der Waals surface area (Å²) in [5, 5.41) is 0. The van der Waals surface area contributed by atoms with Crippen molar-refractivity contribution >= 4 is 20.1 Å². The normalized spacial score (nSPS) is 26.7. The van der Waals surface area contributed by atoms with E-state index >= 15 is 0 Å². The van der Waals surface area contributed by atoms with Gasteiger partial charge in [-0.2, -0.15) is 0 Å². The monoisotopic (exact) mass is 414 g/mol. The van der Waals surface area contributed by atoms with Gasteiger partial charge in [0.25, 0.3) is 0 Å². The van der Waals surface area contributed by atoms with Crippen LogP contribution in [0, 0.1) is 11.8 Å². The van der Waals surface area contributed by atoms with Gasteiger partial charge >= 0.3 is 5.97 Å². The summed E-state index contributed by atoms with van der Waals surface area (Å²) >= 11 is 0. The highest BCUT2D eigenvalue weighted by molar-refractivity contribution is 6.73. The Bertz CT molecular complexity index is 717. The number of rotatable bonds is 10. The zero-order valence-electron chi connectivity index (χ0n) is 17.9. The maximum Gasteiger partial charge on any atom is 0.306 e. The molecule has 1 aromatic rings. The maximum atomic E-state index is 12.5. The number of hydrogen-bond acceptors (Lipinski definition) is 4. The summed E-state index contributed by atoms with van der Waals surface area (Å²) < 4.78 is 12.3. The highest BCUT2D eigenvalue weighted by atomic mass is 28.4. The molecule has 1 heterocycles. The van der Waals surface area contributed by atoms with Gasteiger partial charge in [0, 0.05) is 24.7 Å². The van der Waals surface area contributed by atoms with Crippen LogP contribution in [0.2, 0.25) is 18.1 Å². The third-order valence-corrected chi connectivity index (χ3v) is 11.6. The average Bonchev–Trinajstić information content (AvgIpc) is 3.25. The first-order valence-electron chi connectivity index (χ1n) is 11.1. The molecule has 1 saturated heterocycles. The average molecular weight is 415 g/mol. The van der Waals surface area contributed by atoms with Crippen LogP contribution < -0.4 is 0 Å². The first kappa shape index (κ1) is 22.0. The largest absolute Gasteiger partial charge is 0.462 e. The number of ether oxygens (including phenoxy) is 1. The number of fused-ring (bicyclic) bond motifs is 1. The molecule has 5 heteroatoms. The van der Waals surface area contributed by atoms with Gasteiger partial charge in [-0.05, 0) is 36.2 Å². The summed E-state index contributed by atoms with van der Waals surface area (Å²) in [4.78, 5) is 24.3. The van der Waals surface area contributed by atoms with Crippen LogP contribution in [0.1, 0.15) is 45.6 Å². The van der Waals surface area contributed by atoms with Crippen LogP contribution >= 0.6 is 0 Å². The van der Waals surface area contributed by atoms with E-state index in [1.807, 2.05) is 36.4 Å². The number of hydrogen-bond donors (Lipinski definition) is 0. The summed E-state index contributed by atoms with van der Waals surface area (Å²) in [6.07, 6.45) is 6.20. The molecule has 0 unspecified atom stereocenters. The number of carbonyl (C=O) groups is 2. The molecule has 29 heavy (non-hydrogen) atoms. The maximum absolute atomic E-state index is 12.5. The number of ketones is 1. The van der Waals surface area contributed by atoms with Crippen molar-refractivity contribution in [3.8, 4) is 0 Å².